The van der Waals surface area contributed by atoms with Gasteiger partial charge in [-0.05, 0) is 36.6 Å². The standard InChI is InChI=1S/C21H24N2O4S/c1-26-15-8-9-18(27-2)17(13-15)22-20(24)11-12-28-19-10-7-14-5-3-4-6-16(14)23-21(19)25/h3-6,8-9,13,19H,7,10-12H2,1-2H3,(H,22,24)(H,23,25)/t19-/m1/s1. The van der Waals surface area contributed by atoms with Crippen LogP contribution >= 0.6 is 11.8 Å². The fraction of sp³-hybridized carbons (Fsp3) is 0.333. The zero-order valence-corrected chi connectivity index (χ0v) is 16.8. The van der Waals surface area contributed by atoms with Gasteiger partial charge in [0.15, 0.2) is 0 Å². The molecule has 1 aliphatic rings. The molecule has 0 spiro atoms. The van der Waals surface area contributed by atoms with Crippen LogP contribution in [0.1, 0.15) is 18.4 Å². The van der Waals surface area contributed by atoms with Crippen LogP contribution in [0.2, 0.25) is 0 Å². The van der Waals surface area contributed by atoms with E-state index in [1.807, 2.05) is 24.3 Å². The number of benzene rings is 2. The first kappa shape index (κ1) is 20.1. The molecule has 3 rings (SSSR count). The summed E-state index contributed by atoms with van der Waals surface area (Å²) in [5.41, 5.74) is 2.61. The summed E-state index contributed by atoms with van der Waals surface area (Å²) >= 11 is 1.52. The molecule has 0 aromatic heterocycles. The lowest BCUT2D eigenvalue weighted by molar-refractivity contribution is -0.116. The second-order valence-electron chi connectivity index (χ2n) is 6.41. The van der Waals surface area contributed by atoms with Gasteiger partial charge in [0.05, 0.1) is 25.2 Å². The highest BCUT2D eigenvalue weighted by Gasteiger charge is 2.24. The van der Waals surface area contributed by atoms with Gasteiger partial charge in [-0.3, -0.25) is 9.59 Å². The van der Waals surface area contributed by atoms with Crippen molar-refractivity contribution < 1.29 is 19.1 Å². The molecule has 2 amide bonds. The van der Waals surface area contributed by atoms with E-state index >= 15 is 0 Å². The molecule has 0 saturated heterocycles. The van der Waals surface area contributed by atoms with Crippen LogP contribution < -0.4 is 20.1 Å². The zero-order valence-electron chi connectivity index (χ0n) is 16.0. The van der Waals surface area contributed by atoms with Crippen LogP contribution in [0.3, 0.4) is 0 Å². The molecule has 148 valence electrons. The Morgan fingerprint density at radius 2 is 2.04 bits per heavy atom. The number of rotatable bonds is 7. The molecule has 2 aromatic carbocycles. The average Bonchev–Trinajstić information content (AvgIpc) is 2.86. The number of aryl methyl sites for hydroxylation is 1. The lowest BCUT2D eigenvalue weighted by Crippen LogP contribution is -2.24. The third-order valence-electron chi connectivity index (χ3n) is 4.57. The molecule has 2 aromatic rings. The minimum atomic E-state index is -0.161. The average molecular weight is 401 g/mol. The number of para-hydroxylation sites is 1. The van der Waals surface area contributed by atoms with Gasteiger partial charge in [-0.25, -0.2) is 0 Å². The van der Waals surface area contributed by atoms with Crippen LogP contribution in [-0.4, -0.2) is 37.0 Å². The fourth-order valence-corrected chi connectivity index (χ4v) is 4.15. The van der Waals surface area contributed by atoms with Crippen molar-refractivity contribution in [3.8, 4) is 11.5 Å². The molecule has 0 fully saturated rings. The van der Waals surface area contributed by atoms with Crippen molar-refractivity contribution in [2.75, 3.05) is 30.6 Å². The second kappa shape index (κ2) is 9.50. The summed E-state index contributed by atoms with van der Waals surface area (Å²) in [5, 5.41) is 5.68. The van der Waals surface area contributed by atoms with Crippen LogP contribution in [-0.2, 0) is 16.0 Å². The summed E-state index contributed by atoms with van der Waals surface area (Å²) in [5.74, 6) is 1.65. The maximum atomic E-state index is 12.4. The van der Waals surface area contributed by atoms with Crippen molar-refractivity contribution in [1.29, 1.82) is 0 Å². The van der Waals surface area contributed by atoms with Crippen LogP contribution in [0.15, 0.2) is 42.5 Å². The molecular weight excluding hydrogens is 376 g/mol. The number of amides is 2. The molecule has 0 bridgehead atoms. The Morgan fingerprint density at radius 1 is 1.21 bits per heavy atom. The van der Waals surface area contributed by atoms with Crippen LogP contribution in [0, 0.1) is 0 Å². The van der Waals surface area contributed by atoms with Crippen molar-refractivity contribution in [2.45, 2.75) is 24.5 Å². The molecule has 0 radical (unpaired) electrons. The smallest absolute Gasteiger partial charge is 0.237 e. The van der Waals surface area contributed by atoms with E-state index in [2.05, 4.69) is 10.6 Å². The predicted octanol–water partition coefficient (Wildman–Crippen LogP) is 3.72. The number of thioether (sulfide) groups is 1. The highest BCUT2D eigenvalue weighted by atomic mass is 32.2. The van der Waals surface area contributed by atoms with Crippen LogP contribution in [0.5, 0.6) is 11.5 Å². The quantitative estimate of drug-likeness (QED) is 0.741. The van der Waals surface area contributed by atoms with E-state index < -0.39 is 0 Å². The number of nitrogens with one attached hydrogen (secondary N) is 2. The van der Waals surface area contributed by atoms with Crippen molar-refractivity contribution in [2.24, 2.45) is 0 Å². The minimum Gasteiger partial charge on any atom is -0.497 e. The number of hydrogen-bond acceptors (Lipinski definition) is 5. The summed E-state index contributed by atoms with van der Waals surface area (Å²) in [6, 6.07) is 13.1. The second-order valence-corrected chi connectivity index (χ2v) is 7.72. The number of anilines is 2. The van der Waals surface area contributed by atoms with Crippen LogP contribution in [0.25, 0.3) is 0 Å². The summed E-state index contributed by atoms with van der Waals surface area (Å²) in [4.78, 5) is 24.8. The van der Waals surface area contributed by atoms with E-state index in [0.29, 0.717) is 29.4 Å². The van der Waals surface area contributed by atoms with Gasteiger partial charge in [0.25, 0.3) is 0 Å². The lowest BCUT2D eigenvalue weighted by Gasteiger charge is -2.14. The Labute approximate surface area is 169 Å². The van der Waals surface area contributed by atoms with E-state index in [0.717, 1.165) is 24.1 Å². The zero-order chi connectivity index (χ0) is 19.9. The Bertz CT molecular complexity index is 856. The number of carbonyl (C=O) groups excluding carboxylic acids is 2. The number of methoxy groups -OCH3 is 2. The molecule has 2 N–H and O–H groups in total. The molecule has 28 heavy (non-hydrogen) atoms. The van der Waals surface area contributed by atoms with E-state index in [-0.39, 0.29) is 17.1 Å². The normalized spacial score (nSPS) is 15.8. The molecular formula is C21H24N2O4S. The van der Waals surface area contributed by atoms with Crippen molar-refractivity contribution in [3.05, 3.63) is 48.0 Å². The molecule has 6 nitrogen and oxygen atoms in total. The Balaban J connectivity index is 1.51. The lowest BCUT2D eigenvalue weighted by atomic mass is 10.1. The van der Waals surface area contributed by atoms with Gasteiger partial charge < -0.3 is 20.1 Å². The third-order valence-corrected chi connectivity index (χ3v) is 5.86. The third kappa shape index (κ3) is 4.98. The first-order valence-electron chi connectivity index (χ1n) is 9.13. The summed E-state index contributed by atoms with van der Waals surface area (Å²) in [6.45, 7) is 0. The SMILES string of the molecule is COc1ccc(OC)c(NC(=O)CCS[C@@H]2CCc3ccccc3NC2=O)c1. The molecule has 1 aliphatic heterocycles. The molecule has 7 heteroatoms. The summed E-state index contributed by atoms with van der Waals surface area (Å²) in [7, 11) is 3.12. The Morgan fingerprint density at radius 3 is 2.82 bits per heavy atom. The number of ether oxygens (including phenoxy) is 2. The first-order valence-corrected chi connectivity index (χ1v) is 10.2. The molecule has 1 atom stereocenters. The molecule has 0 aliphatic carbocycles. The monoisotopic (exact) mass is 400 g/mol. The number of fused-ring (bicyclic) bond motifs is 1. The number of hydrogen-bond donors (Lipinski definition) is 2. The van der Waals surface area contributed by atoms with E-state index in [1.54, 1.807) is 32.4 Å². The van der Waals surface area contributed by atoms with Gasteiger partial charge in [-0.2, -0.15) is 0 Å². The maximum absolute atomic E-state index is 12.4. The molecule has 1 heterocycles. The topological polar surface area (TPSA) is 76.7 Å². The van der Waals surface area contributed by atoms with Crippen molar-refractivity contribution in [1.82, 2.24) is 0 Å². The highest BCUT2D eigenvalue weighted by molar-refractivity contribution is 8.00. The Hall–Kier alpha value is -2.67. The van der Waals surface area contributed by atoms with Gasteiger partial charge in [-0.1, -0.05) is 18.2 Å². The van der Waals surface area contributed by atoms with Gasteiger partial charge in [0.1, 0.15) is 11.5 Å². The summed E-state index contributed by atoms with van der Waals surface area (Å²) < 4.78 is 10.5. The molecule has 0 saturated carbocycles. The van der Waals surface area contributed by atoms with Crippen LogP contribution in [0.4, 0.5) is 11.4 Å². The number of carbonyl (C=O) groups is 2. The largest absolute Gasteiger partial charge is 0.497 e. The first-order chi connectivity index (χ1) is 13.6. The highest BCUT2D eigenvalue weighted by Crippen LogP contribution is 2.30. The van der Waals surface area contributed by atoms with Gasteiger partial charge in [0.2, 0.25) is 11.8 Å². The van der Waals surface area contributed by atoms with E-state index in [9.17, 15) is 9.59 Å². The summed E-state index contributed by atoms with van der Waals surface area (Å²) in [6.07, 6.45) is 1.92. The predicted molar refractivity (Wildman–Crippen MR) is 112 cm³/mol. The van der Waals surface area contributed by atoms with E-state index in [4.69, 9.17) is 9.47 Å². The van der Waals surface area contributed by atoms with Gasteiger partial charge in [0, 0.05) is 23.9 Å². The minimum absolute atomic E-state index is 0.00447. The maximum Gasteiger partial charge on any atom is 0.237 e. The van der Waals surface area contributed by atoms with Crippen molar-refractivity contribution >= 4 is 35.0 Å². The van der Waals surface area contributed by atoms with Crippen molar-refractivity contribution in [3.63, 3.8) is 0 Å². The fourth-order valence-electron chi connectivity index (χ4n) is 3.07. The molecule has 0 unspecified atom stereocenters. The van der Waals surface area contributed by atoms with Gasteiger partial charge >= 0.3 is 0 Å². The van der Waals surface area contributed by atoms with E-state index in [1.165, 1.54) is 11.8 Å². The van der Waals surface area contributed by atoms with Gasteiger partial charge in [-0.15, -0.1) is 11.8 Å². The Kier molecular flexibility index (Phi) is 6.81.